The minimum Gasteiger partial charge on any atom is -0.334 e. The predicted molar refractivity (Wildman–Crippen MR) is 35.3 cm³/mol. The van der Waals surface area contributed by atoms with Crippen LogP contribution in [0.5, 0.6) is 0 Å². The normalized spacial score (nSPS) is 18.8. The maximum atomic E-state index is 12.1. The number of alkyl halides is 3. The topological polar surface area (TPSA) is 41.1 Å². The molecule has 3 nitrogen and oxygen atoms in total. The first-order valence-corrected chi connectivity index (χ1v) is 3.23. The van der Waals surface area contributed by atoms with Crippen LogP contribution in [0, 0.1) is 0 Å². The maximum Gasteiger partial charge on any atom is 0.416 e. The summed E-state index contributed by atoms with van der Waals surface area (Å²) in [5.74, 6) is 0. The summed E-state index contributed by atoms with van der Waals surface area (Å²) in [6.45, 7) is 0.767. The van der Waals surface area contributed by atoms with Crippen LogP contribution < -0.4 is 10.6 Å². The highest BCUT2D eigenvalue weighted by molar-refractivity contribution is 5.77. The third kappa shape index (κ3) is 1.69. The average Bonchev–Trinajstić information content (AvgIpc) is 1.83. The molecule has 0 radical (unpaired) electrons. The summed E-state index contributed by atoms with van der Waals surface area (Å²) in [6, 6.07) is -0.597. The second-order valence-electron chi connectivity index (χ2n) is 2.41. The zero-order valence-electron chi connectivity index (χ0n) is 6.25. The molecule has 1 aliphatic heterocycles. The number of rotatable bonds is 0. The highest BCUT2D eigenvalue weighted by Gasteiger charge is 2.37. The summed E-state index contributed by atoms with van der Waals surface area (Å²) in [6.07, 6.45) is -4.37. The van der Waals surface area contributed by atoms with Gasteiger partial charge in [0.25, 0.3) is 0 Å². The Morgan fingerprint density at radius 1 is 1.42 bits per heavy atom. The molecule has 6 heteroatoms. The van der Waals surface area contributed by atoms with Crippen molar-refractivity contribution in [3.8, 4) is 0 Å². The Balaban J connectivity index is 2.90. The van der Waals surface area contributed by atoms with E-state index in [2.05, 4.69) is 0 Å². The summed E-state index contributed by atoms with van der Waals surface area (Å²) in [4.78, 5) is 10.5. The van der Waals surface area contributed by atoms with E-state index in [4.69, 9.17) is 0 Å². The summed E-state index contributed by atoms with van der Waals surface area (Å²) >= 11 is 0. The largest absolute Gasteiger partial charge is 0.416 e. The number of carbonyl (C=O) groups is 1. The monoisotopic (exact) mass is 180 g/mol. The van der Waals surface area contributed by atoms with E-state index in [1.807, 2.05) is 10.6 Å². The molecule has 0 aromatic rings. The highest BCUT2D eigenvalue weighted by atomic mass is 19.4. The van der Waals surface area contributed by atoms with Crippen molar-refractivity contribution in [1.82, 2.24) is 10.6 Å². The van der Waals surface area contributed by atoms with Crippen LogP contribution in [0.1, 0.15) is 6.92 Å². The number of nitrogens with one attached hydrogen (secondary N) is 2. The molecule has 68 valence electrons. The van der Waals surface area contributed by atoms with E-state index in [0.29, 0.717) is 0 Å². The first-order chi connectivity index (χ1) is 5.41. The first-order valence-electron chi connectivity index (χ1n) is 3.23. The number of halogens is 3. The number of allylic oxidation sites excluding steroid dienone is 1. The molecule has 0 aliphatic carbocycles. The third-order valence-electron chi connectivity index (χ3n) is 1.52. The van der Waals surface area contributed by atoms with Gasteiger partial charge >= 0.3 is 12.2 Å². The van der Waals surface area contributed by atoms with Crippen LogP contribution in [0.15, 0.2) is 11.3 Å². The first kappa shape index (κ1) is 8.89. The van der Waals surface area contributed by atoms with Gasteiger partial charge in [-0.3, -0.25) is 0 Å². The molecular weight excluding hydrogens is 173 g/mol. The quantitative estimate of drug-likeness (QED) is 0.576. The molecule has 1 aliphatic rings. The predicted octanol–water partition coefficient (Wildman–Crippen LogP) is 1.14. The second kappa shape index (κ2) is 2.69. The Morgan fingerprint density at radius 2 is 2.00 bits per heavy atom. The SMILES string of the molecule is CC1=C(C(F)(F)F)CNC(=O)N1. The lowest BCUT2D eigenvalue weighted by atomic mass is 10.2. The lowest BCUT2D eigenvalue weighted by Crippen LogP contribution is -2.44. The average molecular weight is 180 g/mol. The van der Waals surface area contributed by atoms with Crippen LogP contribution in [-0.4, -0.2) is 18.8 Å². The minimum atomic E-state index is -4.37. The molecule has 0 unspecified atom stereocenters. The van der Waals surface area contributed by atoms with E-state index in [-0.39, 0.29) is 5.70 Å². The van der Waals surface area contributed by atoms with Crippen LogP contribution in [0.2, 0.25) is 0 Å². The molecule has 2 N–H and O–H groups in total. The summed E-state index contributed by atoms with van der Waals surface area (Å²) in [7, 11) is 0. The van der Waals surface area contributed by atoms with E-state index in [1.165, 1.54) is 6.92 Å². The van der Waals surface area contributed by atoms with E-state index >= 15 is 0 Å². The van der Waals surface area contributed by atoms with Gasteiger partial charge in [0, 0.05) is 5.70 Å². The van der Waals surface area contributed by atoms with Gasteiger partial charge in [-0.05, 0) is 6.92 Å². The number of carbonyl (C=O) groups excluding carboxylic acids is 1. The molecule has 1 heterocycles. The Hall–Kier alpha value is -1.20. The molecule has 0 bridgehead atoms. The molecule has 12 heavy (non-hydrogen) atoms. The molecule has 0 aromatic carbocycles. The molecule has 0 fully saturated rings. The Kier molecular flexibility index (Phi) is 1.99. The van der Waals surface area contributed by atoms with E-state index < -0.39 is 24.3 Å². The fraction of sp³-hybridized carbons (Fsp3) is 0.500. The Morgan fingerprint density at radius 3 is 2.42 bits per heavy atom. The van der Waals surface area contributed by atoms with Crippen molar-refractivity contribution < 1.29 is 18.0 Å². The van der Waals surface area contributed by atoms with Crippen molar-refractivity contribution in [3.63, 3.8) is 0 Å². The lowest BCUT2D eigenvalue weighted by Gasteiger charge is -2.21. The van der Waals surface area contributed by atoms with Gasteiger partial charge < -0.3 is 10.6 Å². The van der Waals surface area contributed by atoms with E-state index in [9.17, 15) is 18.0 Å². The zero-order chi connectivity index (χ0) is 9.35. The van der Waals surface area contributed by atoms with Gasteiger partial charge in [-0.15, -0.1) is 0 Å². The lowest BCUT2D eigenvalue weighted by molar-refractivity contribution is -0.0941. The molecule has 0 aromatic heterocycles. The molecule has 0 saturated carbocycles. The summed E-state index contributed by atoms with van der Waals surface area (Å²) < 4.78 is 36.2. The van der Waals surface area contributed by atoms with Crippen molar-refractivity contribution >= 4 is 6.03 Å². The van der Waals surface area contributed by atoms with E-state index in [1.54, 1.807) is 0 Å². The number of hydrogen-bond donors (Lipinski definition) is 2. The van der Waals surface area contributed by atoms with Crippen molar-refractivity contribution in [2.45, 2.75) is 13.1 Å². The molecular formula is C6H7F3N2O. The van der Waals surface area contributed by atoms with E-state index in [0.717, 1.165) is 0 Å². The minimum absolute atomic E-state index is 0.133. The van der Waals surface area contributed by atoms with Gasteiger partial charge in [0.15, 0.2) is 0 Å². The second-order valence-corrected chi connectivity index (χ2v) is 2.41. The van der Waals surface area contributed by atoms with Crippen LogP contribution >= 0.6 is 0 Å². The third-order valence-corrected chi connectivity index (χ3v) is 1.52. The van der Waals surface area contributed by atoms with Gasteiger partial charge in [-0.2, -0.15) is 13.2 Å². The standard InChI is InChI=1S/C6H7F3N2O/c1-3-4(6(7,8)9)2-10-5(12)11-3/h2H2,1H3,(H2,10,11,12). The fourth-order valence-corrected chi connectivity index (χ4v) is 0.904. The zero-order valence-corrected chi connectivity index (χ0v) is 6.25. The molecule has 0 spiro atoms. The van der Waals surface area contributed by atoms with Gasteiger partial charge in [-0.1, -0.05) is 0 Å². The van der Waals surface area contributed by atoms with Crippen LogP contribution in [0.25, 0.3) is 0 Å². The highest BCUT2D eigenvalue weighted by Crippen LogP contribution is 2.27. The fourth-order valence-electron chi connectivity index (χ4n) is 0.904. The van der Waals surface area contributed by atoms with Gasteiger partial charge in [0.1, 0.15) is 0 Å². The number of hydrogen-bond acceptors (Lipinski definition) is 1. The number of amides is 2. The smallest absolute Gasteiger partial charge is 0.334 e. The number of urea groups is 1. The van der Waals surface area contributed by atoms with Crippen molar-refractivity contribution in [2.75, 3.05) is 6.54 Å². The molecule has 1 rings (SSSR count). The summed E-state index contributed by atoms with van der Waals surface area (Å²) in [5, 5.41) is 4.09. The Labute approximate surface area is 66.6 Å². The van der Waals surface area contributed by atoms with Crippen molar-refractivity contribution in [2.24, 2.45) is 0 Å². The molecule has 0 saturated heterocycles. The summed E-state index contributed by atoms with van der Waals surface area (Å²) in [5.41, 5.74) is -0.867. The van der Waals surface area contributed by atoms with Crippen LogP contribution in [-0.2, 0) is 0 Å². The van der Waals surface area contributed by atoms with Gasteiger partial charge in [-0.25, -0.2) is 4.79 Å². The molecule has 0 atom stereocenters. The van der Waals surface area contributed by atoms with Crippen LogP contribution in [0.3, 0.4) is 0 Å². The Bertz CT molecular complexity index is 244. The molecule has 2 amide bonds. The van der Waals surface area contributed by atoms with Gasteiger partial charge in [0.05, 0.1) is 12.1 Å². The van der Waals surface area contributed by atoms with Gasteiger partial charge in [0.2, 0.25) is 0 Å². The van der Waals surface area contributed by atoms with Crippen LogP contribution in [0.4, 0.5) is 18.0 Å². The van der Waals surface area contributed by atoms with Crippen molar-refractivity contribution in [1.29, 1.82) is 0 Å². The maximum absolute atomic E-state index is 12.1. The van der Waals surface area contributed by atoms with Crippen molar-refractivity contribution in [3.05, 3.63) is 11.3 Å².